The van der Waals surface area contributed by atoms with Crippen LogP contribution in [0.3, 0.4) is 0 Å². The Morgan fingerprint density at radius 3 is 2.14 bits per heavy atom. The molecule has 6 atom stereocenters. The van der Waals surface area contributed by atoms with Crippen molar-refractivity contribution in [3.8, 4) is 0 Å². The standard InChI is InChI=1S/C30H43N3O10/c1-15-11-19-24(35)20(14-21(34)27(19)41-7)33-28(36)16(2)9-8-10-22(39-5)25(42-29(31)37)17(3)13-18(4)26(43-30(32)38)23(12-15)40-6/h9,13-15,18,22-23,25-26H,8,10-12H2,1-7H3,(H2,31,37)(H2,32,38)(H,33,36)/b16-9-,17-13-. The second-order valence-electron chi connectivity index (χ2n) is 10.8. The van der Waals surface area contributed by atoms with Crippen molar-refractivity contribution in [2.45, 2.75) is 77.8 Å². The quantitative estimate of drug-likeness (QED) is 0.310. The summed E-state index contributed by atoms with van der Waals surface area (Å²) in [4.78, 5) is 63.0. The third kappa shape index (κ3) is 9.52. The fraction of sp³-hybridized carbons (Fsp3) is 0.567. The van der Waals surface area contributed by atoms with Crippen LogP contribution >= 0.6 is 0 Å². The highest BCUT2D eigenvalue weighted by Crippen LogP contribution is 2.30. The molecule has 3 amide bonds. The third-order valence-corrected chi connectivity index (χ3v) is 7.49. The zero-order valence-electron chi connectivity index (χ0n) is 25.8. The molecule has 2 rings (SSSR count). The van der Waals surface area contributed by atoms with Crippen LogP contribution in [0.1, 0.15) is 53.4 Å². The van der Waals surface area contributed by atoms with Gasteiger partial charge in [-0.1, -0.05) is 26.0 Å². The first-order chi connectivity index (χ1) is 20.2. The van der Waals surface area contributed by atoms with Gasteiger partial charge in [0.25, 0.3) is 5.91 Å². The molecule has 238 valence electrons. The number of ketones is 2. The summed E-state index contributed by atoms with van der Waals surface area (Å²) in [7, 11) is 4.20. The van der Waals surface area contributed by atoms with Gasteiger partial charge in [-0.15, -0.1) is 0 Å². The first-order valence-electron chi connectivity index (χ1n) is 14.0. The van der Waals surface area contributed by atoms with E-state index >= 15 is 0 Å². The fourth-order valence-electron chi connectivity index (χ4n) is 5.39. The van der Waals surface area contributed by atoms with Gasteiger partial charge in [-0.25, -0.2) is 9.59 Å². The van der Waals surface area contributed by atoms with E-state index in [0.29, 0.717) is 24.0 Å². The molecule has 0 radical (unpaired) electrons. The Balaban J connectivity index is 2.64. The Kier molecular flexibility index (Phi) is 13.1. The van der Waals surface area contributed by atoms with E-state index in [1.807, 2.05) is 6.92 Å². The number of nitrogens with one attached hydrogen (secondary N) is 1. The summed E-state index contributed by atoms with van der Waals surface area (Å²) in [5.41, 5.74) is 11.6. The highest BCUT2D eigenvalue weighted by atomic mass is 16.6. The average Bonchev–Trinajstić information content (AvgIpc) is 2.93. The molecule has 0 aromatic heterocycles. The fourth-order valence-corrected chi connectivity index (χ4v) is 5.39. The van der Waals surface area contributed by atoms with Crippen LogP contribution in [0, 0.1) is 11.8 Å². The molecular formula is C30H43N3O10. The molecule has 6 unspecified atom stereocenters. The number of carbonyl (C=O) groups excluding carboxylic acids is 5. The maximum Gasteiger partial charge on any atom is 0.405 e. The Morgan fingerprint density at radius 1 is 0.953 bits per heavy atom. The van der Waals surface area contributed by atoms with Crippen LogP contribution in [-0.4, -0.2) is 75.4 Å². The topological polar surface area (TPSA) is 196 Å². The van der Waals surface area contributed by atoms with E-state index in [2.05, 4.69) is 5.32 Å². The van der Waals surface area contributed by atoms with Gasteiger partial charge in [0.15, 0.2) is 11.9 Å². The van der Waals surface area contributed by atoms with Crippen LogP contribution in [0.15, 0.2) is 46.4 Å². The maximum atomic E-state index is 13.4. The van der Waals surface area contributed by atoms with Crippen molar-refractivity contribution >= 4 is 29.7 Å². The lowest BCUT2D eigenvalue weighted by molar-refractivity contribution is -0.120. The van der Waals surface area contributed by atoms with Gasteiger partial charge in [0, 0.05) is 37.4 Å². The number of hydrogen-bond donors (Lipinski definition) is 3. The molecule has 1 heterocycles. The second-order valence-corrected chi connectivity index (χ2v) is 10.8. The summed E-state index contributed by atoms with van der Waals surface area (Å²) in [6, 6.07) is 0. The van der Waals surface area contributed by atoms with Crippen LogP contribution in [0.2, 0.25) is 0 Å². The van der Waals surface area contributed by atoms with Gasteiger partial charge < -0.3 is 40.5 Å². The lowest BCUT2D eigenvalue weighted by Crippen LogP contribution is -2.41. The van der Waals surface area contributed by atoms with Crippen molar-refractivity contribution in [1.82, 2.24) is 5.32 Å². The van der Waals surface area contributed by atoms with Crippen molar-refractivity contribution < 1.29 is 47.7 Å². The van der Waals surface area contributed by atoms with Crippen LogP contribution in [-0.2, 0) is 38.1 Å². The predicted octanol–water partition coefficient (Wildman–Crippen LogP) is 2.74. The smallest absolute Gasteiger partial charge is 0.405 e. The molecule has 0 saturated heterocycles. The highest BCUT2D eigenvalue weighted by molar-refractivity contribution is 6.23. The number of carbonyl (C=O) groups is 5. The van der Waals surface area contributed by atoms with Gasteiger partial charge >= 0.3 is 12.2 Å². The number of hydrogen-bond acceptors (Lipinski definition) is 10. The number of ether oxygens (including phenoxy) is 5. The number of allylic oxidation sites excluding steroid dienone is 3. The van der Waals surface area contributed by atoms with E-state index in [1.54, 1.807) is 32.9 Å². The van der Waals surface area contributed by atoms with E-state index < -0.39 is 60.0 Å². The summed E-state index contributed by atoms with van der Waals surface area (Å²) in [5, 5.41) is 2.54. The SMILES string of the molecule is COC1=C2CC(C)CC(OC)C(OC(N)=O)C(C)/C=C(/C)C(OC(N)=O)C(OC)CC/C=C(/C)C(=O)NC(=CC1=O)C2=O. The minimum atomic E-state index is -1.01. The van der Waals surface area contributed by atoms with Crippen molar-refractivity contribution in [2.24, 2.45) is 23.3 Å². The molecule has 13 nitrogen and oxygen atoms in total. The number of Topliss-reactive ketones (excluding diaryl/α,β-unsaturated/α-hetero) is 1. The van der Waals surface area contributed by atoms with Gasteiger partial charge in [0.1, 0.15) is 6.10 Å². The molecule has 5 N–H and O–H groups in total. The van der Waals surface area contributed by atoms with Gasteiger partial charge in [-0.05, 0) is 51.0 Å². The highest BCUT2D eigenvalue weighted by Gasteiger charge is 2.36. The zero-order chi connectivity index (χ0) is 32.4. The summed E-state index contributed by atoms with van der Waals surface area (Å²) in [6.07, 6.45) is 0.354. The molecular weight excluding hydrogens is 562 g/mol. The lowest BCUT2D eigenvalue weighted by atomic mass is 9.85. The summed E-state index contributed by atoms with van der Waals surface area (Å²) in [6.45, 7) is 6.93. The van der Waals surface area contributed by atoms with Crippen molar-refractivity contribution in [3.05, 3.63) is 46.4 Å². The van der Waals surface area contributed by atoms with Crippen LogP contribution < -0.4 is 16.8 Å². The largest absolute Gasteiger partial charge is 0.492 e. The third-order valence-electron chi connectivity index (χ3n) is 7.49. The Morgan fingerprint density at radius 2 is 1.58 bits per heavy atom. The zero-order valence-corrected chi connectivity index (χ0v) is 25.8. The number of fused-ring (bicyclic) bond motifs is 2. The van der Waals surface area contributed by atoms with Gasteiger partial charge in [-0.3, -0.25) is 14.4 Å². The molecule has 13 heteroatoms. The van der Waals surface area contributed by atoms with E-state index in [4.69, 9.17) is 35.2 Å². The second kappa shape index (κ2) is 16.0. The minimum Gasteiger partial charge on any atom is -0.492 e. The van der Waals surface area contributed by atoms with E-state index in [9.17, 15) is 24.0 Å². The Bertz CT molecular complexity index is 1220. The Labute approximate surface area is 251 Å². The summed E-state index contributed by atoms with van der Waals surface area (Å²) >= 11 is 0. The molecule has 1 aliphatic heterocycles. The Hall–Kier alpha value is -3.97. The monoisotopic (exact) mass is 605 g/mol. The molecule has 2 aliphatic rings. The maximum absolute atomic E-state index is 13.4. The number of primary amides is 2. The number of rotatable bonds is 5. The molecule has 0 saturated carbocycles. The van der Waals surface area contributed by atoms with Crippen molar-refractivity contribution in [3.63, 3.8) is 0 Å². The first kappa shape index (κ1) is 35.2. The number of nitrogens with two attached hydrogens (primary N) is 2. The van der Waals surface area contributed by atoms with E-state index in [-0.39, 0.29) is 35.8 Å². The molecule has 2 bridgehead atoms. The number of amides is 3. The molecule has 0 aromatic rings. The van der Waals surface area contributed by atoms with Crippen LogP contribution in [0.5, 0.6) is 0 Å². The van der Waals surface area contributed by atoms with Gasteiger partial charge in [-0.2, -0.15) is 0 Å². The van der Waals surface area contributed by atoms with Crippen LogP contribution in [0.25, 0.3) is 0 Å². The van der Waals surface area contributed by atoms with Crippen molar-refractivity contribution in [1.29, 1.82) is 0 Å². The van der Waals surface area contributed by atoms with Crippen molar-refractivity contribution in [2.75, 3.05) is 21.3 Å². The normalized spacial score (nSPS) is 30.7. The van der Waals surface area contributed by atoms with Gasteiger partial charge in [0.2, 0.25) is 11.6 Å². The summed E-state index contributed by atoms with van der Waals surface area (Å²) < 4.78 is 27.6. The molecule has 1 aliphatic carbocycles. The van der Waals surface area contributed by atoms with Gasteiger partial charge in [0.05, 0.1) is 25.0 Å². The molecule has 0 aromatic carbocycles. The number of methoxy groups -OCH3 is 3. The average molecular weight is 606 g/mol. The molecule has 43 heavy (non-hydrogen) atoms. The molecule has 0 fully saturated rings. The van der Waals surface area contributed by atoms with E-state index in [0.717, 1.165) is 6.08 Å². The predicted molar refractivity (Wildman–Crippen MR) is 155 cm³/mol. The summed E-state index contributed by atoms with van der Waals surface area (Å²) in [5.74, 6) is -2.55. The van der Waals surface area contributed by atoms with Crippen LogP contribution in [0.4, 0.5) is 9.59 Å². The minimum absolute atomic E-state index is 0.103. The lowest BCUT2D eigenvalue weighted by Gasteiger charge is -2.32. The molecule has 0 spiro atoms. The van der Waals surface area contributed by atoms with E-state index in [1.165, 1.54) is 21.3 Å². The first-order valence-corrected chi connectivity index (χ1v) is 14.0.